The lowest BCUT2D eigenvalue weighted by Crippen LogP contribution is -2.23. The Morgan fingerprint density at radius 3 is 2.57 bits per heavy atom. The smallest absolute Gasteiger partial charge is 0.0700 e. The van der Waals surface area contributed by atoms with Gasteiger partial charge < -0.3 is 4.74 Å². The van der Waals surface area contributed by atoms with Crippen molar-refractivity contribution in [2.45, 2.75) is 62.3 Å². The third-order valence-electron chi connectivity index (χ3n) is 3.43. The maximum Gasteiger partial charge on any atom is 0.0700 e. The molecule has 2 aliphatic rings. The van der Waals surface area contributed by atoms with Gasteiger partial charge in [0.15, 0.2) is 0 Å². The van der Waals surface area contributed by atoms with E-state index in [9.17, 15) is 0 Å². The second kappa shape index (κ2) is 5.50. The first kappa shape index (κ1) is 10.9. The van der Waals surface area contributed by atoms with E-state index in [4.69, 9.17) is 4.74 Å². The van der Waals surface area contributed by atoms with Gasteiger partial charge in [-0.05, 0) is 25.2 Å². The van der Waals surface area contributed by atoms with Crippen molar-refractivity contribution in [1.82, 2.24) is 0 Å². The van der Waals surface area contributed by atoms with Crippen LogP contribution in [0.15, 0.2) is 0 Å². The highest BCUT2D eigenvalue weighted by atomic mass is 79.9. The van der Waals surface area contributed by atoms with Crippen molar-refractivity contribution in [3.63, 3.8) is 0 Å². The van der Waals surface area contributed by atoms with E-state index in [-0.39, 0.29) is 0 Å². The maximum absolute atomic E-state index is 5.98. The summed E-state index contributed by atoms with van der Waals surface area (Å²) in [6, 6.07) is 0. The minimum Gasteiger partial charge on any atom is -0.377 e. The molecule has 82 valence electrons. The Hall–Kier alpha value is 0.440. The van der Waals surface area contributed by atoms with Crippen LogP contribution in [0.5, 0.6) is 0 Å². The van der Waals surface area contributed by atoms with Crippen molar-refractivity contribution in [2.24, 2.45) is 5.92 Å². The first-order valence-electron chi connectivity index (χ1n) is 6.12. The van der Waals surface area contributed by atoms with E-state index in [0.29, 0.717) is 10.9 Å². The predicted octanol–water partition coefficient (Wildman–Crippen LogP) is 3.90. The summed E-state index contributed by atoms with van der Waals surface area (Å²) in [4.78, 5) is 0.615. The molecule has 0 aliphatic heterocycles. The van der Waals surface area contributed by atoms with Crippen LogP contribution in [0.25, 0.3) is 0 Å². The quantitative estimate of drug-likeness (QED) is 0.551. The van der Waals surface area contributed by atoms with Crippen LogP contribution in [0.3, 0.4) is 0 Å². The molecule has 2 unspecified atom stereocenters. The van der Waals surface area contributed by atoms with Crippen LogP contribution in [0, 0.1) is 5.92 Å². The fourth-order valence-electron chi connectivity index (χ4n) is 2.21. The number of halogens is 1. The van der Waals surface area contributed by atoms with Crippen LogP contribution >= 0.6 is 15.9 Å². The molecule has 2 atom stereocenters. The topological polar surface area (TPSA) is 9.23 Å². The van der Waals surface area contributed by atoms with Crippen molar-refractivity contribution in [3.8, 4) is 0 Å². The zero-order valence-electron chi connectivity index (χ0n) is 8.88. The molecule has 0 aromatic carbocycles. The first-order chi connectivity index (χ1) is 6.86. The summed E-state index contributed by atoms with van der Waals surface area (Å²) < 4.78 is 5.98. The molecule has 0 heterocycles. The van der Waals surface area contributed by atoms with E-state index in [1.165, 1.54) is 51.4 Å². The zero-order valence-corrected chi connectivity index (χ0v) is 10.5. The molecule has 2 heteroatoms. The second-order valence-corrected chi connectivity index (χ2v) is 5.97. The van der Waals surface area contributed by atoms with Gasteiger partial charge in [0.2, 0.25) is 0 Å². The van der Waals surface area contributed by atoms with Gasteiger partial charge in [0.05, 0.1) is 6.10 Å². The molecule has 0 bridgehead atoms. The van der Waals surface area contributed by atoms with E-state index in [2.05, 4.69) is 15.9 Å². The van der Waals surface area contributed by atoms with Gasteiger partial charge in [-0.25, -0.2) is 0 Å². The number of ether oxygens (including phenoxy) is 1. The zero-order chi connectivity index (χ0) is 9.80. The van der Waals surface area contributed by atoms with Crippen molar-refractivity contribution >= 4 is 15.9 Å². The molecule has 0 spiro atoms. The van der Waals surface area contributed by atoms with E-state index in [0.717, 1.165) is 12.5 Å². The van der Waals surface area contributed by atoms with Gasteiger partial charge in [-0.2, -0.15) is 0 Å². The van der Waals surface area contributed by atoms with Gasteiger partial charge in [0.25, 0.3) is 0 Å². The van der Waals surface area contributed by atoms with Crippen LogP contribution in [0.4, 0.5) is 0 Å². The standard InChI is InChI=1S/C12H21BrO/c13-11-4-2-1-3-5-12(11)14-9-8-10-6-7-10/h10-12H,1-9H2. The molecule has 14 heavy (non-hydrogen) atoms. The number of hydrogen-bond donors (Lipinski definition) is 0. The maximum atomic E-state index is 5.98. The van der Waals surface area contributed by atoms with E-state index < -0.39 is 0 Å². The molecule has 2 rings (SSSR count). The van der Waals surface area contributed by atoms with Gasteiger partial charge in [0.1, 0.15) is 0 Å². The Bertz CT molecular complexity index is 168. The summed E-state index contributed by atoms with van der Waals surface area (Å²) in [5, 5.41) is 0. The van der Waals surface area contributed by atoms with Crippen LogP contribution in [-0.2, 0) is 4.74 Å². The minimum atomic E-state index is 0.497. The van der Waals surface area contributed by atoms with Crippen LogP contribution < -0.4 is 0 Å². The van der Waals surface area contributed by atoms with Crippen LogP contribution in [0.2, 0.25) is 0 Å². The van der Waals surface area contributed by atoms with Crippen molar-refractivity contribution in [2.75, 3.05) is 6.61 Å². The largest absolute Gasteiger partial charge is 0.377 e. The minimum absolute atomic E-state index is 0.497. The van der Waals surface area contributed by atoms with E-state index in [1.54, 1.807) is 0 Å². The third kappa shape index (κ3) is 3.54. The van der Waals surface area contributed by atoms with Crippen LogP contribution in [-0.4, -0.2) is 17.5 Å². The molecule has 0 N–H and O–H groups in total. The lowest BCUT2D eigenvalue weighted by Gasteiger charge is -2.20. The Balaban J connectivity index is 1.64. The van der Waals surface area contributed by atoms with Gasteiger partial charge in [0, 0.05) is 11.4 Å². The summed E-state index contributed by atoms with van der Waals surface area (Å²) in [5.74, 6) is 1.01. The van der Waals surface area contributed by atoms with Gasteiger partial charge in [-0.15, -0.1) is 0 Å². The van der Waals surface area contributed by atoms with E-state index >= 15 is 0 Å². The average Bonchev–Trinajstić information content (AvgIpc) is 2.97. The fraction of sp³-hybridized carbons (Fsp3) is 1.00. The number of alkyl halides is 1. The lowest BCUT2D eigenvalue weighted by atomic mass is 10.1. The van der Waals surface area contributed by atoms with Crippen molar-refractivity contribution in [3.05, 3.63) is 0 Å². The molecular formula is C12H21BrO. The summed E-state index contributed by atoms with van der Waals surface area (Å²) in [7, 11) is 0. The molecule has 0 amide bonds. The van der Waals surface area contributed by atoms with Crippen molar-refractivity contribution < 1.29 is 4.74 Å². The van der Waals surface area contributed by atoms with Gasteiger partial charge >= 0.3 is 0 Å². The first-order valence-corrected chi connectivity index (χ1v) is 7.03. The Kier molecular flexibility index (Phi) is 4.30. The lowest BCUT2D eigenvalue weighted by molar-refractivity contribution is 0.0447. The van der Waals surface area contributed by atoms with Gasteiger partial charge in [-0.1, -0.05) is 48.0 Å². The molecule has 2 saturated carbocycles. The Morgan fingerprint density at radius 1 is 1.00 bits per heavy atom. The number of rotatable bonds is 4. The van der Waals surface area contributed by atoms with E-state index in [1.807, 2.05) is 0 Å². The average molecular weight is 261 g/mol. The summed E-state index contributed by atoms with van der Waals surface area (Å²) in [6.45, 7) is 0.997. The summed E-state index contributed by atoms with van der Waals surface area (Å²) >= 11 is 3.76. The normalized spacial score (nSPS) is 34.1. The molecule has 0 saturated heterocycles. The Labute approximate surface area is 95.7 Å². The monoisotopic (exact) mass is 260 g/mol. The fourth-order valence-corrected chi connectivity index (χ4v) is 2.95. The molecular weight excluding hydrogens is 240 g/mol. The molecule has 0 aromatic heterocycles. The summed E-state index contributed by atoms with van der Waals surface area (Å²) in [5.41, 5.74) is 0. The predicted molar refractivity (Wildman–Crippen MR) is 62.9 cm³/mol. The summed E-state index contributed by atoms with van der Waals surface area (Å²) in [6.07, 6.45) is 11.4. The molecule has 2 aliphatic carbocycles. The molecule has 0 radical (unpaired) electrons. The molecule has 0 aromatic rings. The van der Waals surface area contributed by atoms with Crippen molar-refractivity contribution in [1.29, 1.82) is 0 Å². The number of hydrogen-bond acceptors (Lipinski definition) is 1. The second-order valence-electron chi connectivity index (χ2n) is 4.80. The highest BCUT2D eigenvalue weighted by molar-refractivity contribution is 9.09. The highest BCUT2D eigenvalue weighted by Crippen LogP contribution is 2.33. The third-order valence-corrected chi connectivity index (χ3v) is 4.47. The molecule has 2 fully saturated rings. The SMILES string of the molecule is BrC1CCCCCC1OCCC1CC1. The Morgan fingerprint density at radius 2 is 1.79 bits per heavy atom. The highest BCUT2D eigenvalue weighted by Gasteiger charge is 2.24. The van der Waals surface area contributed by atoms with Crippen LogP contribution in [0.1, 0.15) is 51.4 Å². The molecule has 1 nitrogen and oxygen atoms in total. The van der Waals surface area contributed by atoms with Gasteiger partial charge in [-0.3, -0.25) is 0 Å².